The number of hydrogen-bond acceptors (Lipinski definition) is 5. The number of ether oxygens (including phenoxy) is 3. The van der Waals surface area contributed by atoms with Crippen LogP contribution in [0, 0.1) is 35.5 Å². The molecule has 0 heterocycles. The Hall–Kier alpha value is -5.96. The average molecular weight is 635 g/mol. The van der Waals surface area contributed by atoms with Gasteiger partial charge >= 0.3 is 11.9 Å². The third-order valence-corrected chi connectivity index (χ3v) is 7.18. The van der Waals surface area contributed by atoms with E-state index in [-0.39, 0.29) is 0 Å². The molecule has 0 aliphatic carbocycles. The van der Waals surface area contributed by atoms with Crippen molar-refractivity contribution in [3.8, 4) is 41.3 Å². The molecule has 0 saturated carbocycles. The van der Waals surface area contributed by atoms with Crippen LogP contribution in [0.3, 0.4) is 0 Å². The van der Waals surface area contributed by atoms with E-state index in [1.807, 2.05) is 66.7 Å². The van der Waals surface area contributed by atoms with Gasteiger partial charge in [0.25, 0.3) is 0 Å². The molecule has 5 nitrogen and oxygen atoms in total. The quantitative estimate of drug-likeness (QED) is 0.0685. The first-order valence-electron chi connectivity index (χ1n) is 16.0. The molecule has 0 aromatic heterocycles. The van der Waals surface area contributed by atoms with Crippen molar-refractivity contribution in [1.82, 2.24) is 0 Å². The van der Waals surface area contributed by atoms with E-state index in [1.165, 1.54) is 6.08 Å². The Morgan fingerprint density at radius 1 is 0.625 bits per heavy atom. The molecule has 4 aromatic carbocycles. The number of rotatable bonds is 12. The first-order chi connectivity index (χ1) is 23.5. The molecule has 0 saturated heterocycles. The number of carbonyl (C=O) groups excluding carboxylic acids is 2. The van der Waals surface area contributed by atoms with Crippen molar-refractivity contribution in [3.63, 3.8) is 0 Å². The molecule has 0 N–H and O–H groups in total. The highest BCUT2D eigenvalue weighted by atomic mass is 16.5. The summed E-state index contributed by atoms with van der Waals surface area (Å²) < 4.78 is 15.8. The summed E-state index contributed by atoms with van der Waals surface area (Å²) in [4.78, 5) is 22.2. The number of hydrogen-bond donors (Lipinski definition) is 0. The second-order valence-corrected chi connectivity index (χ2v) is 10.7. The molecule has 0 radical (unpaired) electrons. The number of fused-ring (bicyclic) bond motifs is 1. The van der Waals surface area contributed by atoms with Crippen molar-refractivity contribution in [3.05, 3.63) is 138 Å². The first kappa shape index (κ1) is 34.9. The Balaban J connectivity index is 1.32. The zero-order valence-corrected chi connectivity index (χ0v) is 27.3. The van der Waals surface area contributed by atoms with Gasteiger partial charge in [0, 0.05) is 52.8 Å². The fourth-order valence-corrected chi connectivity index (χ4v) is 4.59. The van der Waals surface area contributed by atoms with Gasteiger partial charge in [-0.1, -0.05) is 67.7 Å². The summed E-state index contributed by atoms with van der Waals surface area (Å²) in [5.74, 6) is 19.5. The van der Waals surface area contributed by atoms with Gasteiger partial charge in [-0.25, -0.2) is 9.59 Å². The van der Waals surface area contributed by atoms with Crippen molar-refractivity contribution in [1.29, 1.82) is 0 Å². The van der Waals surface area contributed by atoms with Gasteiger partial charge < -0.3 is 14.2 Å². The van der Waals surface area contributed by atoms with Gasteiger partial charge in [-0.3, -0.25) is 0 Å². The molecule has 0 bridgehead atoms. The molecule has 0 aliphatic rings. The highest BCUT2D eigenvalue weighted by Gasteiger charge is 2.02. The predicted molar refractivity (Wildman–Crippen MR) is 191 cm³/mol. The van der Waals surface area contributed by atoms with Gasteiger partial charge in [0.15, 0.2) is 0 Å². The molecule has 0 aliphatic heterocycles. The summed E-state index contributed by atoms with van der Waals surface area (Å²) in [6.45, 7) is 10.0. The summed E-state index contributed by atoms with van der Waals surface area (Å²) >= 11 is 0. The molecule has 4 aromatic rings. The van der Waals surface area contributed by atoms with Gasteiger partial charge in [0.1, 0.15) is 5.75 Å². The monoisotopic (exact) mass is 634 g/mol. The molecule has 5 heteroatoms. The normalized spacial score (nSPS) is 9.85. The maximum absolute atomic E-state index is 11.1. The van der Waals surface area contributed by atoms with Crippen molar-refractivity contribution in [2.45, 2.75) is 39.0 Å². The van der Waals surface area contributed by atoms with Crippen LogP contribution in [-0.4, -0.2) is 31.8 Å². The van der Waals surface area contributed by atoms with Crippen LogP contribution in [0.4, 0.5) is 0 Å². The van der Waals surface area contributed by atoms with Crippen LogP contribution in [0.2, 0.25) is 0 Å². The number of aryl methyl sites for hydroxylation is 1. The smallest absolute Gasteiger partial charge is 0.330 e. The summed E-state index contributed by atoms with van der Waals surface area (Å²) in [6.07, 6.45) is 6.17. The predicted octanol–water partition coefficient (Wildman–Crippen LogP) is 7.95. The zero-order chi connectivity index (χ0) is 34.0. The average Bonchev–Trinajstić information content (AvgIpc) is 3.12. The minimum Gasteiger partial charge on any atom is -0.493 e. The number of unbranched alkanes of at least 4 members (excludes halogenated alkanes) is 2. The highest BCUT2D eigenvalue weighted by Crippen LogP contribution is 2.22. The van der Waals surface area contributed by atoms with Crippen LogP contribution in [0.5, 0.6) is 5.75 Å². The van der Waals surface area contributed by atoms with Gasteiger partial charge in [-0.15, -0.1) is 0 Å². The maximum Gasteiger partial charge on any atom is 0.330 e. The lowest BCUT2D eigenvalue weighted by Gasteiger charge is -2.08. The van der Waals surface area contributed by atoms with E-state index in [2.05, 4.69) is 67.7 Å². The maximum atomic E-state index is 11.1. The molecule has 0 amide bonds. The van der Waals surface area contributed by atoms with E-state index in [4.69, 9.17) is 14.2 Å². The highest BCUT2D eigenvalue weighted by molar-refractivity contribution is 5.85. The van der Waals surface area contributed by atoms with Crippen molar-refractivity contribution >= 4 is 22.7 Å². The van der Waals surface area contributed by atoms with Crippen molar-refractivity contribution < 1.29 is 23.8 Å². The van der Waals surface area contributed by atoms with Gasteiger partial charge in [0.2, 0.25) is 0 Å². The second kappa shape index (κ2) is 18.9. The van der Waals surface area contributed by atoms with Gasteiger partial charge in [-0.2, -0.15) is 0 Å². The van der Waals surface area contributed by atoms with E-state index >= 15 is 0 Å². The summed E-state index contributed by atoms with van der Waals surface area (Å²) in [5.41, 5.74) is 5.89. The van der Waals surface area contributed by atoms with Crippen LogP contribution < -0.4 is 4.74 Å². The molecule has 48 heavy (non-hydrogen) atoms. The van der Waals surface area contributed by atoms with Crippen molar-refractivity contribution in [2.75, 3.05) is 19.8 Å². The summed E-state index contributed by atoms with van der Waals surface area (Å²) in [5, 5.41) is 2.14. The van der Waals surface area contributed by atoms with Crippen LogP contribution >= 0.6 is 0 Å². The fraction of sp³-hybridized carbons (Fsp3) is 0.209. The van der Waals surface area contributed by atoms with Crippen LogP contribution in [0.25, 0.3) is 10.8 Å². The number of carbonyl (C=O) groups is 2. The molecule has 240 valence electrons. The van der Waals surface area contributed by atoms with E-state index < -0.39 is 11.9 Å². The lowest BCUT2D eigenvalue weighted by Crippen LogP contribution is -2.06. The Morgan fingerprint density at radius 2 is 1.21 bits per heavy atom. The Bertz CT molecular complexity index is 1950. The Kier molecular flexibility index (Phi) is 13.7. The van der Waals surface area contributed by atoms with E-state index in [0.717, 1.165) is 81.7 Å². The molecule has 0 atom stereocenters. The summed E-state index contributed by atoms with van der Waals surface area (Å²) in [6, 6.07) is 26.2. The first-order valence-corrected chi connectivity index (χ1v) is 16.0. The number of esters is 2. The standard InChI is InChI=1S/C43H38O5/c1-4-37-30-35(18-17-34-15-13-33(14-16-34)12-9-7-8-10-27-47-42(44)5-2)19-22-38(37)23-20-36-21-24-40-32-41(26-25-39(40)31-36)46-28-11-29-48-43(45)6-3/h5-6,13-16,19,21-22,24-26,30-32H,2-4,7-8,10-11,27-29H2,1H3. The summed E-state index contributed by atoms with van der Waals surface area (Å²) in [7, 11) is 0. The van der Waals surface area contributed by atoms with Crippen LogP contribution in [0.15, 0.2) is 104 Å². The molecular weight excluding hydrogens is 596 g/mol. The second-order valence-electron chi connectivity index (χ2n) is 10.7. The SMILES string of the molecule is C=CC(=O)OCCCCC#Cc1ccc(C#Cc2ccc(C#Cc3ccc4cc(OCCCOC(=O)C=C)ccc4c3)c(CC)c2)cc1. The van der Waals surface area contributed by atoms with Crippen LogP contribution in [-0.2, 0) is 25.5 Å². The third kappa shape index (κ3) is 11.4. The largest absolute Gasteiger partial charge is 0.493 e. The Morgan fingerprint density at radius 3 is 1.94 bits per heavy atom. The van der Waals surface area contributed by atoms with E-state index in [9.17, 15) is 9.59 Å². The molecule has 0 unspecified atom stereocenters. The molecule has 4 rings (SSSR count). The lowest BCUT2D eigenvalue weighted by atomic mass is 10.0. The van der Waals surface area contributed by atoms with E-state index in [0.29, 0.717) is 26.2 Å². The molecule has 0 spiro atoms. The Labute approximate surface area is 283 Å². The van der Waals surface area contributed by atoms with Gasteiger partial charge in [-0.05, 0) is 102 Å². The van der Waals surface area contributed by atoms with Gasteiger partial charge in [0.05, 0.1) is 19.8 Å². The fourth-order valence-electron chi connectivity index (χ4n) is 4.59. The topological polar surface area (TPSA) is 61.8 Å². The zero-order valence-electron chi connectivity index (χ0n) is 27.3. The molecule has 0 fully saturated rings. The van der Waals surface area contributed by atoms with Crippen molar-refractivity contribution in [2.24, 2.45) is 0 Å². The third-order valence-electron chi connectivity index (χ3n) is 7.18. The minimum atomic E-state index is -0.425. The molecular formula is C43H38O5. The van der Waals surface area contributed by atoms with E-state index in [1.54, 1.807) is 0 Å². The van der Waals surface area contributed by atoms with Crippen LogP contribution in [0.1, 0.15) is 66.0 Å². The lowest BCUT2D eigenvalue weighted by molar-refractivity contribution is -0.138. The number of benzene rings is 4. The minimum absolute atomic E-state index is 0.296.